The van der Waals surface area contributed by atoms with Crippen molar-refractivity contribution in [3.63, 3.8) is 0 Å². The number of rotatable bonds is 1. The Hall–Kier alpha value is -1.16. The molecule has 0 aliphatic heterocycles. The third kappa shape index (κ3) is 1.25. The van der Waals surface area contributed by atoms with Gasteiger partial charge in [-0.15, -0.1) is 11.3 Å². The van der Waals surface area contributed by atoms with Gasteiger partial charge in [0, 0.05) is 17.1 Å². The molecule has 0 radical (unpaired) electrons. The summed E-state index contributed by atoms with van der Waals surface area (Å²) in [6.45, 7) is 3.86. The second kappa shape index (κ2) is 2.71. The maximum atomic E-state index is 5.06. The van der Waals surface area contributed by atoms with Crippen molar-refractivity contribution in [3.05, 3.63) is 22.8 Å². The van der Waals surface area contributed by atoms with E-state index < -0.39 is 0 Å². The molecule has 0 amide bonds. The van der Waals surface area contributed by atoms with E-state index in [9.17, 15) is 0 Å². The number of thiazole rings is 1. The zero-order valence-corrected chi connectivity index (χ0v) is 7.68. The van der Waals surface area contributed by atoms with Gasteiger partial charge in [0.05, 0.1) is 5.69 Å². The van der Waals surface area contributed by atoms with E-state index in [-0.39, 0.29) is 0 Å². The summed E-state index contributed by atoms with van der Waals surface area (Å²) in [6.07, 6.45) is 0. The quantitative estimate of drug-likeness (QED) is 0.676. The summed E-state index contributed by atoms with van der Waals surface area (Å²) in [7, 11) is 0. The zero-order valence-electron chi connectivity index (χ0n) is 6.87. The standard InChI is InChI=1S/C8H8N2OS/c1-5-3-7(11-10-5)8-9-6(2)4-12-8/h3-4H,1-2H3. The third-order valence-electron chi connectivity index (χ3n) is 1.46. The van der Waals surface area contributed by atoms with Crippen LogP contribution < -0.4 is 0 Å². The van der Waals surface area contributed by atoms with E-state index in [1.807, 2.05) is 25.3 Å². The normalized spacial score (nSPS) is 10.5. The first-order valence-corrected chi connectivity index (χ1v) is 4.49. The Morgan fingerprint density at radius 1 is 1.33 bits per heavy atom. The van der Waals surface area contributed by atoms with Crippen molar-refractivity contribution in [1.82, 2.24) is 10.1 Å². The van der Waals surface area contributed by atoms with Gasteiger partial charge in [0.15, 0.2) is 10.8 Å². The Bertz CT molecular complexity index is 353. The molecule has 62 valence electrons. The molecule has 0 fully saturated rings. The molecule has 0 atom stereocenters. The van der Waals surface area contributed by atoms with E-state index >= 15 is 0 Å². The lowest BCUT2D eigenvalue weighted by Crippen LogP contribution is -1.71. The fourth-order valence-electron chi connectivity index (χ4n) is 0.932. The largest absolute Gasteiger partial charge is 0.353 e. The average Bonchev–Trinajstić information content (AvgIpc) is 2.58. The molecule has 0 bridgehead atoms. The number of nitrogens with zero attached hydrogens (tertiary/aromatic N) is 2. The Morgan fingerprint density at radius 3 is 2.67 bits per heavy atom. The summed E-state index contributed by atoms with van der Waals surface area (Å²) in [5.41, 5.74) is 1.90. The van der Waals surface area contributed by atoms with Crippen LogP contribution in [0.4, 0.5) is 0 Å². The van der Waals surface area contributed by atoms with E-state index in [0.717, 1.165) is 22.2 Å². The molecule has 2 rings (SSSR count). The van der Waals surface area contributed by atoms with Crippen LogP contribution in [0, 0.1) is 13.8 Å². The highest BCUT2D eigenvalue weighted by atomic mass is 32.1. The summed E-state index contributed by atoms with van der Waals surface area (Å²) in [4.78, 5) is 4.28. The van der Waals surface area contributed by atoms with Crippen LogP contribution >= 0.6 is 11.3 Å². The molecule has 4 heteroatoms. The summed E-state index contributed by atoms with van der Waals surface area (Å²) < 4.78 is 5.06. The van der Waals surface area contributed by atoms with Gasteiger partial charge in [-0.2, -0.15) is 0 Å². The molecular weight excluding hydrogens is 172 g/mol. The lowest BCUT2D eigenvalue weighted by atomic mass is 10.4. The van der Waals surface area contributed by atoms with Gasteiger partial charge in [-0.05, 0) is 13.8 Å². The third-order valence-corrected chi connectivity index (χ3v) is 2.43. The first-order valence-electron chi connectivity index (χ1n) is 3.61. The molecule has 0 spiro atoms. The molecule has 2 aromatic rings. The van der Waals surface area contributed by atoms with Crippen molar-refractivity contribution in [2.45, 2.75) is 13.8 Å². The van der Waals surface area contributed by atoms with Crippen LogP contribution in [0.2, 0.25) is 0 Å². The molecule has 0 aromatic carbocycles. The van der Waals surface area contributed by atoms with E-state index in [0.29, 0.717) is 0 Å². The summed E-state index contributed by atoms with van der Waals surface area (Å²) in [5, 5.41) is 6.68. The van der Waals surface area contributed by atoms with Gasteiger partial charge < -0.3 is 4.52 Å². The SMILES string of the molecule is Cc1cc(-c2nc(C)cs2)on1. The molecule has 0 unspecified atom stereocenters. The number of aromatic nitrogens is 2. The van der Waals surface area contributed by atoms with Crippen molar-refractivity contribution < 1.29 is 4.52 Å². The van der Waals surface area contributed by atoms with Crippen LogP contribution in [0.15, 0.2) is 16.0 Å². The molecule has 3 nitrogen and oxygen atoms in total. The van der Waals surface area contributed by atoms with Gasteiger partial charge in [-0.3, -0.25) is 0 Å². The van der Waals surface area contributed by atoms with Crippen molar-refractivity contribution >= 4 is 11.3 Å². The number of aryl methyl sites for hydroxylation is 2. The Balaban J connectivity index is 2.43. The topological polar surface area (TPSA) is 38.9 Å². The molecule has 0 aliphatic carbocycles. The predicted octanol–water partition coefficient (Wildman–Crippen LogP) is 2.41. The summed E-state index contributed by atoms with van der Waals surface area (Å²) in [5.74, 6) is 0.755. The Labute approximate surface area is 74.0 Å². The Morgan fingerprint density at radius 2 is 2.17 bits per heavy atom. The fraction of sp³-hybridized carbons (Fsp3) is 0.250. The molecule has 0 aliphatic rings. The molecular formula is C8H8N2OS. The molecule has 0 saturated heterocycles. The fourth-order valence-corrected chi connectivity index (χ4v) is 1.68. The number of hydrogen-bond acceptors (Lipinski definition) is 4. The molecule has 12 heavy (non-hydrogen) atoms. The monoisotopic (exact) mass is 180 g/mol. The van der Waals surface area contributed by atoms with Crippen LogP contribution in [0.5, 0.6) is 0 Å². The van der Waals surface area contributed by atoms with E-state index in [4.69, 9.17) is 4.52 Å². The van der Waals surface area contributed by atoms with Crippen molar-refractivity contribution in [1.29, 1.82) is 0 Å². The van der Waals surface area contributed by atoms with Crippen molar-refractivity contribution in [3.8, 4) is 10.8 Å². The maximum absolute atomic E-state index is 5.06. The highest BCUT2D eigenvalue weighted by Gasteiger charge is 2.07. The highest BCUT2D eigenvalue weighted by molar-refractivity contribution is 7.13. The number of hydrogen-bond donors (Lipinski definition) is 0. The minimum absolute atomic E-state index is 0.755. The minimum Gasteiger partial charge on any atom is -0.353 e. The second-order valence-corrected chi connectivity index (χ2v) is 3.48. The second-order valence-electron chi connectivity index (χ2n) is 2.63. The average molecular weight is 180 g/mol. The van der Waals surface area contributed by atoms with Crippen LogP contribution in [0.1, 0.15) is 11.4 Å². The maximum Gasteiger partial charge on any atom is 0.195 e. The summed E-state index contributed by atoms with van der Waals surface area (Å²) >= 11 is 1.57. The zero-order chi connectivity index (χ0) is 8.55. The molecule has 2 aromatic heterocycles. The van der Waals surface area contributed by atoms with E-state index in [1.54, 1.807) is 11.3 Å². The van der Waals surface area contributed by atoms with E-state index in [1.165, 1.54) is 0 Å². The van der Waals surface area contributed by atoms with E-state index in [2.05, 4.69) is 10.1 Å². The van der Waals surface area contributed by atoms with Gasteiger partial charge in [0.1, 0.15) is 0 Å². The summed E-state index contributed by atoms with van der Waals surface area (Å²) in [6, 6.07) is 1.89. The first kappa shape index (κ1) is 7.49. The lowest BCUT2D eigenvalue weighted by Gasteiger charge is -1.82. The van der Waals surface area contributed by atoms with Crippen molar-refractivity contribution in [2.75, 3.05) is 0 Å². The van der Waals surface area contributed by atoms with Gasteiger partial charge in [0.2, 0.25) is 0 Å². The van der Waals surface area contributed by atoms with Crippen LogP contribution in [-0.4, -0.2) is 10.1 Å². The van der Waals surface area contributed by atoms with Gasteiger partial charge in [0.25, 0.3) is 0 Å². The minimum atomic E-state index is 0.755. The van der Waals surface area contributed by atoms with Crippen LogP contribution in [0.3, 0.4) is 0 Å². The molecule has 2 heterocycles. The predicted molar refractivity (Wildman–Crippen MR) is 47.1 cm³/mol. The lowest BCUT2D eigenvalue weighted by molar-refractivity contribution is 0.427. The van der Waals surface area contributed by atoms with Crippen LogP contribution in [0.25, 0.3) is 10.8 Å². The smallest absolute Gasteiger partial charge is 0.195 e. The first-order chi connectivity index (χ1) is 5.75. The van der Waals surface area contributed by atoms with Gasteiger partial charge in [-0.1, -0.05) is 5.16 Å². The van der Waals surface area contributed by atoms with Gasteiger partial charge >= 0.3 is 0 Å². The van der Waals surface area contributed by atoms with Crippen LogP contribution in [-0.2, 0) is 0 Å². The van der Waals surface area contributed by atoms with Crippen molar-refractivity contribution in [2.24, 2.45) is 0 Å². The Kier molecular flexibility index (Phi) is 1.69. The molecule has 0 N–H and O–H groups in total. The highest BCUT2D eigenvalue weighted by Crippen LogP contribution is 2.23. The molecule has 0 saturated carbocycles. The van der Waals surface area contributed by atoms with Gasteiger partial charge in [-0.25, -0.2) is 4.98 Å².